The third kappa shape index (κ3) is 1.31. The molecule has 13 heavy (non-hydrogen) atoms. The third-order valence-corrected chi connectivity index (χ3v) is 2.31. The smallest absolute Gasteiger partial charge is 0.228 e. The minimum atomic E-state index is -0.0114. The summed E-state index contributed by atoms with van der Waals surface area (Å²) in [5.74, 6) is 0.0584. The van der Waals surface area contributed by atoms with E-state index >= 15 is 0 Å². The SMILES string of the molecule is CC(N)c1cccc2c1CC(=O)N2. The van der Waals surface area contributed by atoms with Crippen LogP contribution in [0.2, 0.25) is 0 Å². The van der Waals surface area contributed by atoms with Gasteiger partial charge in [-0.25, -0.2) is 0 Å². The van der Waals surface area contributed by atoms with E-state index in [4.69, 9.17) is 5.73 Å². The first kappa shape index (κ1) is 8.26. The Hall–Kier alpha value is -1.35. The summed E-state index contributed by atoms with van der Waals surface area (Å²) >= 11 is 0. The lowest BCUT2D eigenvalue weighted by molar-refractivity contribution is -0.115. The fourth-order valence-electron chi connectivity index (χ4n) is 1.70. The molecule has 0 saturated carbocycles. The van der Waals surface area contributed by atoms with E-state index in [0.717, 1.165) is 16.8 Å². The number of nitrogens with two attached hydrogens (primary N) is 1. The zero-order valence-electron chi connectivity index (χ0n) is 7.50. The molecule has 3 heteroatoms. The Labute approximate surface area is 76.9 Å². The molecule has 3 nitrogen and oxygen atoms in total. The van der Waals surface area contributed by atoms with Crippen LogP contribution in [0, 0.1) is 0 Å². The highest BCUT2D eigenvalue weighted by molar-refractivity contribution is 5.99. The van der Waals surface area contributed by atoms with Crippen molar-refractivity contribution < 1.29 is 4.79 Å². The van der Waals surface area contributed by atoms with Gasteiger partial charge >= 0.3 is 0 Å². The third-order valence-electron chi connectivity index (χ3n) is 2.31. The van der Waals surface area contributed by atoms with E-state index in [1.807, 2.05) is 25.1 Å². The van der Waals surface area contributed by atoms with E-state index in [2.05, 4.69) is 5.32 Å². The number of fused-ring (bicyclic) bond motifs is 1. The second-order valence-electron chi connectivity index (χ2n) is 3.39. The van der Waals surface area contributed by atoms with Crippen LogP contribution in [0.3, 0.4) is 0 Å². The number of hydrogen-bond donors (Lipinski definition) is 2. The Morgan fingerprint density at radius 1 is 1.54 bits per heavy atom. The van der Waals surface area contributed by atoms with Crippen molar-refractivity contribution in [3.63, 3.8) is 0 Å². The number of amides is 1. The van der Waals surface area contributed by atoms with E-state index in [1.54, 1.807) is 0 Å². The number of hydrogen-bond acceptors (Lipinski definition) is 2. The van der Waals surface area contributed by atoms with Gasteiger partial charge < -0.3 is 11.1 Å². The van der Waals surface area contributed by atoms with Crippen LogP contribution in [0.4, 0.5) is 5.69 Å². The highest BCUT2D eigenvalue weighted by Crippen LogP contribution is 2.28. The molecule has 1 amide bonds. The predicted molar refractivity (Wildman–Crippen MR) is 51.4 cm³/mol. The first-order valence-corrected chi connectivity index (χ1v) is 4.35. The number of rotatable bonds is 1. The minimum absolute atomic E-state index is 0.0114. The molecule has 2 rings (SSSR count). The lowest BCUT2D eigenvalue weighted by Gasteiger charge is -2.09. The average Bonchev–Trinajstić information content (AvgIpc) is 2.43. The van der Waals surface area contributed by atoms with Crippen LogP contribution in [-0.2, 0) is 11.2 Å². The summed E-state index contributed by atoms with van der Waals surface area (Å²) in [6, 6.07) is 5.79. The lowest BCUT2D eigenvalue weighted by Crippen LogP contribution is -2.08. The van der Waals surface area contributed by atoms with E-state index in [-0.39, 0.29) is 11.9 Å². The van der Waals surface area contributed by atoms with Crippen molar-refractivity contribution in [3.8, 4) is 0 Å². The van der Waals surface area contributed by atoms with E-state index in [9.17, 15) is 4.79 Å². The number of nitrogens with one attached hydrogen (secondary N) is 1. The first-order valence-electron chi connectivity index (χ1n) is 4.35. The molecule has 0 aliphatic carbocycles. The van der Waals surface area contributed by atoms with E-state index in [0.29, 0.717) is 6.42 Å². The molecular formula is C10H12N2O. The predicted octanol–water partition coefficient (Wildman–Crippen LogP) is 1.20. The van der Waals surface area contributed by atoms with Crippen LogP contribution in [0.25, 0.3) is 0 Å². The van der Waals surface area contributed by atoms with Crippen LogP contribution in [0.15, 0.2) is 18.2 Å². The maximum absolute atomic E-state index is 11.1. The van der Waals surface area contributed by atoms with Gasteiger partial charge in [0.2, 0.25) is 5.91 Å². The number of benzene rings is 1. The molecule has 1 aromatic carbocycles. The van der Waals surface area contributed by atoms with Gasteiger partial charge in [-0.1, -0.05) is 12.1 Å². The van der Waals surface area contributed by atoms with Crippen LogP contribution in [0.5, 0.6) is 0 Å². The molecule has 1 aliphatic heterocycles. The van der Waals surface area contributed by atoms with Crippen LogP contribution in [0.1, 0.15) is 24.1 Å². The standard InChI is InChI=1S/C10H12N2O/c1-6(11)7-3-2-4-9-8(7)5-10(13)12-9/h2-4,6H,5,11H2,1H3,(H,12,13). The van der Waals surface area contributed by atoms with Crippen LogP contribution in [-0.4, -0.2) is 5.91 Å². The van der Waals surface area contributed by atoms with Gasteiger partial charge in [-0.3, -0.25) is 4.79 Å². The highest BCUT2D eigenvalue weighted by Gasteiger charge is 2.21. The fraction of sp³-hybridized carbons (Fsp3) is 0.300. The molecule has 68 valence electrons. The Kier molecular flexibility index (Phi) is 1.81. The second kappa shape index (κ2) is 2.85. The van der Waals surface area contributed by atoms with Gasteiger partial charge in [0.15, 0.2) is 0 Å². The van der Waals surface area contributed by atoms with Crippen molar-refractivity contribution in [2.75, 3.05) is 5.32 Å². The molecule has 1 unspecified atom stereocenters. The zero-order valence-corrected chi connectivity index (χ0v) is 7.50. The summed E-state index contributed by atoms with van der Waals surface area (Å²) in [5.41, 5.74) is 8.83. The minimum Gasteiger partial charge on any atom is -0.326 e. The summed E-state index contributed by atoms with van der Waals surface area (Å²) in [5, 5.41) is 2.80. The van der Waals surface area contributed by atoms with Gasteiger partial charge in [0.1, 0.15) is 0 Å². The Morgan fingerprint density at radius 2 is 2.31 bits per heavy atom. The lowest BCUT2D eigenvalue weighted by atomic mass is 10.00. The largest absolute Gasteiger partial charge is 0.326 e. The molecule has 1 heterocycles. The maximum atomic E-state index is 11.1. The zero-order chi connectivity index (χ0) is 9.42. The van der Waals surface area contributed by atoms with Gasteiger partial charge in [0.25, 0.3) is 0 Å². The number of carbonyl (C=O) groups is 1. The van der Waals surface area contributed by atoms with Crippen molar-refractivity contribution in [2.24, 2.45) is 5.73 Å². The molecule has 1 aliphatic rings. The molecule has 0 saturated heterocycles. The number of anilines is 1. The molecular weight excluding hydrogens is 164 g/mol. The molecule has 1 atom stereocenters. The van der Waals surface area contributed by atoms with Crippen LogP contribution < -0.4 is 11.1 Å². The summed E-state index contributed by atoms with van der Waals surface area (Å²) in [6.07, 6.45) is 0.465. The first-order chi connectivity index (χ1) is 6.18. The summed E-state index contributed by atoms with van der Waals surface area (Å²) in [4.78, 5) is 11.1. The topological polar surface area (TPSA) is 55.1 Å². The Balaban J connectivity index is 2.51. The number of carbonyl (C=O) groups excluding carboxylic acids is 1. The van der Waals surface area contributed by atoms with Crippen molar-refractivity contribution in [1.82, 2.24) is 0 Å². The second-order valence-corrected chi connectivity index (χ2v) is 3.39. The van der Waals surface area contributed by atoms with Crippen molar-refractivity contribution in [3.05, 3.63) is 29.3 Å². The molecule has 1 aromatic rings. The summed E-state index contributed by atoms with van der Waals surface area (Å²) in [7, 11) is 0. The monoisotopic (exact) mass is 176 g/mol. The van der Waals surface area contributed by atoms with E-state index < -0.39 is 0 Å². The maximum Gasteiger partial charge on any atom is 0.228 e. The molecule has 0 spiro atoms. The Morgan fingerprint density at radius 3 is 3.00 bits per heavy atom. The van der Waals surface area contributed by atoms with Gasteiger partial charge in [0.05, 0.1) is 6.42 Å². The van der Waals surface area contributed by atoms with Crippen molar-refractivity contribution >= 4 is 11.6 Å². The van der Waals surface area contributed by atoms with Gasteiger partial charge in [0, 0.05) is 11.7 Å². The van der Waals surface area contributed by atoms with E-state index in [1.165, 1.54) is 0 Å². The summed E-state index contributed by atoms with van der Waals surface area (Å²) < 4.78 is 0. The van der Waals surface area contributed by atoms with Crippen LogP contribution >= 0.6 is 0 Å². The summed E-state index contributed by atoms with van der Waals surface area (Å²) in [6.45, 7) is 1.93. The van der Waals surface area contributed by atoms with Gasteiger partial charge in [-0.05, 0) is 24.1 Å². The van der Waals surface area contributed by atoms with Crippen molar-refractivity contribution in [2.45, 2.75) is 19.4 Å². The van der Waals surface area contributed by atoms with Gasteiger partial charge in [-0.2, -0.15) is 0 Å². The van der Waals surface area contributed by atoms with Gasteiger partial charge in [-0.15, -0.1) is 0 Å². The molecule has 0 radical (unpaired) electrons. The highest BCUT2D eigenvalue weighted by atomic mass is 16.1. The van der Waals surface area contributed by atoms with Crippen molar-refractivity contribution in [1.29, 1.82) is 0 Å². The Bertz CT molecular complexity index is 358. The quantitative estimate of drug-likeness (QED) is 0.675. The fourth-order valence-corrected chi connectivity index (χ4v) is 1.70. The molecule has 0 bridgehead atoms. The molecule has 0 aromatic heterocycles. The normalized spacial score (nSPS) is 16.6. The average molecular weight is 176 g/mol. The molecule has 0 fully saturated rings. The molecule has 3 N–H and O–H groups in total.